The molecule has 0 saturated heterocycles. The number of nitrogens with one attached hydrogen (secondary N) is 3. The number of amides is 3. The van der Waals surface area contributed by atoms with Crippen LogP contribution >= 0.6 is 0 Å². The number of nitrogens with zero attached hydrogens (tertiary/aromatic N) is 1. The van der Waals surface area contributed by atoms with Crippen molar-refractivity contribution in [2.45, 2.75) is 57.8 Å². The molecule has 30 heavy (non-hydrogen) atoms. The van der Waals surface area contributed by atoms with E-state index in [0.717, 1.165) is 0 Å². The minimum atomic E-state index is -1.25. The third kappa shape index (κ3) is 10.6. The van der Waals surface area contributed by atoms with E-state index in [0.29, 0.717) is 6.42 Å². The molecule has 0 aromatic heterocycles. The van der Waals surface area contributed by atoms with Crippen LogP contribution in [0.3, 0.4) is 0 Å². The minimum absolute atomic E-state index is 0.119. The van der Waals surface area contributed by atoms with Gasteiger partial charge in [-0.3, -0.25) is 19.4 Å². The summed E-state index contributed by atoms with van der Waals surface area (Å²) in [6.07, 6.45) is -0.669. The molecule has 3 amide bonds. The Bertz CT molecular complexity index is 634. The van der Waals surface area contributed by atoms with Crippen LogP contribution in [0.15, 0.2) is 4.99 Å². The number of carbonyl (C=O) groups excluding carboxylic acids is 3. The summed E-state index contributed by atoms with van der Waals surface area (Å²) in [4.78, 5) is 51.4. The van der Waals surface area contributed by atoms with Gasteiger partial charge < -0.3 is 43.4 Å². The Kier molecular flexibility index (Phi) is 12.0. The van der Waals surface area contributed by atoms with Gasteiger partial charge in [0.05, 0.1) is 12.6 Å². The Hall–Kier alpha value is -2.93. The van der Waals surface area contributed by atoms with Crippen LogP contribution in [0.25, 0.3) is 0 Å². The molecule has 0 rings (SSSR count). The molecule has 0 aliphatic rings. The van der Waals surface area contributed by atoms with Crippen molar-refractivity contribution < 1.29 is 29.4 Å². The highest BCUT2D eigenvalue weighted by Crippen LogP contribution is 2.02. The zero-order chi connectivity index (χ0) is 23.4. The number of aliphatic imine (C=N–C) groups is 1. The zero-order valence-corrected chi connectivity index (χ0v) is 17.4. The fourth-order valence-corrected chi connectivity index (χ4v) is 2.29. The predicted octanol–water partition coefficient (Wildman–Crippen LogP) is -3.43. The standard InChI is InChI=1S/C17H33N7O6/c1-8(2)13(16(29)30)24-11(26)7-22-14(27)10(5-4-6-21-17(19)20)23-15(28)12(18)9(3)25/h8-10,12-13,25H,4-7,18H2,1-3H3,(H,22,27)(H,23,28)(H,24,26)(H,29,30)(H4,19,20,21). The number of carbonyl (C=O) groups is 4. The second-order valence-corrected chi connectivity index (χ2v) is 7.12. The molecule has 0 saturated carbocycles. The Balaban J connectivity index is 4.96. The maximum atomic E-state index is 12.4. The fraction of sp³-hybridized carbons (Fsp3) is 0.706. The first-order valence-corrected chi connectivity index (χ1v) is 9.46. The quantitative estimate of drug-likeness (QED) is 0.0821. The topological polar surface area (TPSA) is 235 Å². The summed E-state index contributed by atoms with van der Waals surface area (Å²) in [7, 11) is 0. The van der Waals surface area contributed by atoms with E-state index in [2.05, 4.69) is 20.9 Å². The van der Waals surface area contributed by atoms with Gasteiger partial charge in [-0.1, -0.05) is 13.8 Å². The Morgan fingerprint density at radius 2 is 1.63 bits per heavy atom. The van der Waals surface area contributed by atoms with E-state index in [-0.39, 0.29) is 24.8 Å². The average molecular weight is 431 g/mol. The fourth-order valence-electron chi connectivity index (χ4n) is 2.29. The number of hydrogen-bond acceptors (Lipinski definition) is 7. The molecule has 0 aliphatic heterocycles. The summed E-state index contributed by atoms with van der Waals surface area (Å²) >= 11 is 0. The lowest BCUT2D eigenvalue weighted by atomic mass is 10.0. The molecule has 172 valence electrons. The lowest BCUT2D eigenvalue weighted by Crippen LogP contribution is -2.55. The van der Waals surface area contributed by atoms with E-state index >= 15 is 0 Å². The van der Waals surface area contributed by atoms with E-state index in [4.69, 9.17) is 22.3 Å². The summed E-state index contributed by atoms with van der Waals surface area (Å²) in [5.41, 5.74) is 16.0. The largest absolute Gasteiger partial charge is 0.480 e. The third-order valence-corrected chi connectivity index (χ3v) is 4.07. The second kappa shape index (κ2) is 13.3. The molecule has 0 fully saturated rings. The number of carboxylic acid groups (broad SMARTS) is 1. The van der Waals surface area contributed by atoms with Gasteiger partial charge in [0.25, 0.3) is 0 Å². The van der Waals surface area contributed by atoms with E-state index in [1.165, 1.54) is 6.92 Å². The number of rotatable bonds is 13. The van der Waals surface area contributed by atoms with Gasteiger partial charge in [0.1, 0.15) is 18.1 Å². The van der Waals surface area contributed by atoms with Gasteiger partial charge >= 0.3 is 5.97 Å². The minimum Gasteiger partial charge on any atom is -0.480 e. The number of carboxylic acids is 1. The molecule has 13 heteroatoms. The number of nitrogens with two attached hydrogens (primary N) is 3. The molecule has 4 atom stereocenters. The van der Waals surface area contributed by atoms with E-state index in [1.807, 2.05) is 0 Å². The van der Waals surface area contributed by atoms with Crippen LogP contribution in [0, 0.1) is 5.92 Å². The highest BCUT2D eigenvalue weighted by Gasteiger charge is 2.27. The van der Waals surface area contributed by atoms with Gasteiger partial charge in [-0.25, -0.2) is 4.79 Å². The van der Waals surface area contributed by atoms with Gasteiger partial charge in [0.2, 0.25) is 17.7 Å². The molecule has 13 nitrogen and oxygen atoms in total. The van der Waals surface area contributed by atoms with Crippen LogP contribution in [0.2, 0.25) is 0 Å². The first kappa shape index (κ1) is 27.1. The summed E-state index contributed by atoms with van der Waals surface area (Å²) < 4.78 is 0. The molecular weight excluding hydrogens is 398 g/mol. The van der Waals surface area contributed by atoms with E-state index < -0.39 is 54.5 Å². The Morgan fingerprint density at radius 3 is 2.10 bits per heavy atom. The molecule has 4 unspecified atom stereocenters. The molecule has 0 aliphatic carbocycles. The summed E-state index contributed by atoms with van der Waals surface area (Å²) in [6, 6.07) is -3.41. The summed E-state index contributed by atoms with van der Waals surface area (Å²) in [5.74, 6) is -3.80. The van der Waals surface area contributed by atoms with Gasteiger partial charge in [0.15, 0.2) is 5.96 Å². The summed E-state index contributed by atoms with van der Waals surface area (Å²) in [6.45, 7) is 4.31. The first-order chi connectivity index (χ1) is 13.9. The zero-order valence-electron chi connectivity index (χ0n) is 17.4. The molecular formula is C17H33N7O6. The maximum absolute atomic E-state index is 12.4. The predicted molar refractivity (Wildman–Crippen MR) is 109 cm³/mol. The van der Waals surface area contributed by atoms with Gasteiger partial charge in [-0.2, -0.15) is 0 Å². The summed E-state index contributed by atoms with van der Waals surface area (Å²) in [5, 5.41) is 25.6. The van der Waals surface area contributed by atoms with Crippen LogP contribution in [-0.4, -0.2) is 77.2 Å². The molecule has 0 aromatic rings. The normalized spacial score (nSPS) is 14.7. The van der Waals surface area contributed by atoms with Crippen molar-refractivity contribution in [3.05, 3.63) is 0 Å². The first-order valence-electron chi connectivity index (χ1n) is 9.46. The lowest BCUT2D eigenvalue weighted by Gasteiger charge is -2.22. The highest BCUT2D eigenvalue weighted by atomic mass is 16.4. The second-order valence-electron chi connectivity index (χ2n) is 7.12. The maximum Gasteiger partial charge on any atom is 0.326 e. The van der Waals surface area contributed by atoms with Gasteiger partial charge in [-0.15, -0.1) is 0 Å². The van der Waals surface area contributed by atoms with Crippen molar-refractivity contribution >= 4 is 29.7 Å². The smallest absolute Gasteiger partial charge is 0.326 e. The van der Waals surface area contributed by atoms with Gasteiger partial charge in [-0.05, 0) is 25.7 Å². The van der Waals surface area contributed by atoms with Crippen LogP contribution in [0.4, 0.5) is 0 Å². The molecule has 0 radical (unpaired) electrons. The molecule has 0 spiro atoms. The number of aliphatic hydroxyl groups excluding tert-OH is 1. The highest BCUT2D eigenvalue weighted by molar-refractivity contribution is 5.92. The van der Waals surface area contributed by atoms with Crippen molar-refractivity contribution in [2.24, 2.45) is 28.1 Å². The van der Waals surface area contributed by atoms with Crippen LogP contribution in [-0.2, 0) is 19.2 Å². The van der Waals surface area contributed by atoms with Gasteiger partial charge in [0, 0.05) is 6.54 Å². The van der Waals surface area contributed by atoms with Crippen LogP contribution < -0.4 is 33.2 Å². The number of aliphatic carboxylic acids is 1. The van der Waals surface area contributed by atoms with Crippen molar-refractivity contribution in [3.63, 3.8) is 0 Å². The van der Waals surface area contributed by atoms with E-state index in [1.54, 1.807) is 13.8 Å². The van der Waals surface area contributed by atoms with Crippen LogP contribution in [0.5, 0.6) is 0 Å². The molecule has 0 bridgehead atoms. The van der Waals surface area contributed by atoms with Crippen molar-refractivity contribution in [2.75, 3.05) is 13.1 Å². The SMILES string of the molecule is CC(C)C(NC(=O)CNC(=O)C(CCCN=C(N)N)NC(=O)C(N)C(C)O)C(=O)O. The molecule has 11 N–H and O–H groups in total. The third-order valence-electron chi connectivity index (χ3n) is 4.07. The number of hydrogen-bond donors (Lipinski definition) is 8. The van der Waals surface area contributed by atoms with Crippen molar-refractivity contribution in [3.8, 4) is 0 Å². The number of guanidine groups is 1. The Morgan fingerprint density at radius 1 is 1.03 bits per heavy atom. The van der Waals surface area contributed by atoms with Crippen molar-refractivity contribution in [1.29, 1.82) is 0 Å². The average Bonchev–Trinajstić information content (AvgIpc) is 2.64. The Labute approximate surface area is 174 Å². The van der Waals surface area contributed by atoms with E-state index in [9.17, 15) is 24.3 Å². The monoisotopic (exact) mass is 431 g/mol. The lowest BCUT2D eigenvalue weighted by molar-refractivity contribution is -0.143. The number of aliphatic hydroxyl groups is 1. The van der Waals surface area contributed by atoms with Crippen LogP contribution in [0.1, 0.15) is 33.6 Å². The molecule has 0 aromatic carbocycles. The molecule has 0 heterocycles. The van der Waals surface area contributed by atoms with Crippen molar-refractivity contribution in [1.82, 2.24) is 16.0 Å².